The van der Waals surface area contributed by atoms with E-state index < -0.39 is 17.8 Å². The van der Waals surface area contributed by atoms with Crippen LogP contribution < -0.4 is 0 Å². The SMILES string of the molecule is FC(F)(F)c1cccc(Cl)c1[C@@H]1CO1. The summed E-state index contributed by atoms with van der Waals surface area (Å²) >= 11 is 5.69. The van der Waals surface area contributed by atoms with Crippen molar-refractivity contribution >= 4 is 11.6 Å². The van der Waals surface area contributed by atoms with E-state index in [0.717, 1.165) is 6.07 Å². The van der Waals surface area contributed by atoms with Crippen LogP contribution in [0.5, 0.6) is 0 Å². The standard InChI is InChI=1S/C9H6ClF3O/c10-6-3-1-2-5(9(11,12)13)8(6)7-4-14-7/h1-3,7H,4H2/t7-/m0/s1. The zero-order valence-electron chi connectivity index (χ0n) is 6.94. The summed E-state index contributed by atoms with van der Waals surface area (Å²) < 4.78 is 42.3. The third-order valence-corrected chi connectivity index (χ3v) is 2.34. The van der Waals surface area contributed by atoms with Crippen LogP contribution in [0.1, 0.15) is 17.2 Å². The average molecular weight is 223 g/mol. The highest BCUT2D eigenvalue weighted by molar-refractivity contribution is 6.31. The van der Waals surface area contributed by atoms with Gasteiger partial charge >= 0.3 is 6.18 Å². The van der Waals surface area contributed by atoms with E-state index >= 15 is 0 Å². The Bertz CT molecular complexity index is 358. The molecule has 5 heteroatoms. The number of hydrogen-bond acceptors (Lipinski definition) is 1. The van der Waals surface area contributed by atoms with Gasteiger partial charge in [-0.2, -0.15) is 13.2 Å². The highest BCUT2D eigenvalue weighted by Gasteiger charge is 2.40. The first-order valence-corrected chi connectivity index (χ1v) is 4.35. The van der Waals surface area contributed by atoms with Crippen molar-refractivity contribution in [2.75, 3.05) is 6.61 Å². The van der Waals surface area contributed by atoms with Gasteiger partial charge in [0.15, 0.2) is 0 Å². The van der Waals surface area contributed by atoms with Gasteiger partial charge in [-0.15, -0.1) is 0 Å². The molecule has 0 amide bonds. The minimum absolute atomic E-state index is 0.0571. The average Bonchev–Trinajstić information content (AvgIpc) is 2.85. The molecule has 0 N–H and O–H groups in total. The molecule has 0 unspecified atom stereocenters. The van der Waals surface area contributed by atoms with E-state index in [0.29, 0.717) is 6.61 Å². The van der Waals surface area contributed by atoms with Gasteiger partial charge in [0.1, 0.15) is 6.10 Å². The van der Waals surface area contributed by atoms with Gasteiger partial charge in [-0.25, -0.2) is 0 Å². The Morgan fingerprint density at radius 3 is 2.50 bits per heavy atom. The fraction of sp³-hybridized carbons (Fsp3) is 0.333. The summed E-state index contributed by atoms with van der Waals surface area (Å²) in [6.07, 6.45) is -4.85. The largest absolute Gasteiger partial charge is 0.416 e. The third-order valence-electron chi connectivity index (χ3n) is 2.01. The van der Waals surface area contributed by atoms with Gasteiger partial charge in [0.2, 0.25) is 0 Å². The Hall–Kier alpha value is -0.740. The van der Waals surface area contributed by atoms with Crippen molar-refractivity contribution in [2.24, 2.45) is 0 Å². The van der Waals surface area contributed by atoms with Gasteiger partial charge in [-0.1, -0.05) is 17.7 Å². The summed E-state index contributed by atoms with van der Waals surface area (Å²) in [4.78, 5) is 0. The lowest BCUT2D eigenvalue weighted by molar-refractivity contribution is -0.138. The fourth-order valence-corrected chi connectivity index (χ4v) is 1.62. The molecule has 2 rings (SSSR count). The molecule has 0 saturated carbocycles. The number of ether oxygens (including phenoxy) is 1. The lowest BCUT2D eigenvalue weighted by atomic mass is 10.0. The molecule has 1 atom stereocenters. The summed E-state index contributed by atoms with van der Waals surface area (Å²) in [6, 6.07) is 3.74. The predicted octanol–water partition coefficient (Wildman–Crippen LogP) is 3.43. The summed E-state index contributed by atoms with van der Waals surface area (Å²) in [6.45, 7) is 0.312. The second-order valence-electron chi connectivity index (χ2n) is 3.02. The molecule has 0 aliphatic carbocycles. The van der Waals surface area contributed by atoms with Gasteiger partial charge < -0.3 is 4.74 Å². The zero-order valence-corrected chi connectivity index (χ0v) is 7.69. The number of epoxide rings is 1. The summed E-state index contributed by atoms with van der Waals surface area (Å²) in [5.41, 5.74) is -0.644. The Kier molecular flexibility index (Phi) is 2.20. The molecule has 0 spiro atoms. The Morgan fingerprint density at radius 1 is 1.36 bits per heavy atom. The highest BCUT2D eigenvalue weighted by Crippen LogP contribution is 2.43. The molecule has 1 fully saturated rings. The fourth-order valence-electron chi connectivity index (χ4n) is 1.33. The third kappa shape index (κ3) is 1.72. The first kappa shape index (κ1) is 9.80. The summed E-state index contributed by atoms with van der Waals surface area (Å²) in [5.74, 6) is 0. The van der Waals surface area contributed by atoms with Crippen LogP contribution in [-0.2, 0) is 10.9 Å². The van der Waals surface area contributed by atoms with Gasteiger partial charge in [-0.3, -0.25) is 0 Å². The molecule has 0 bridgehead atoms. The van der Waals surface area contributed by atoms with Crippen LogP contribution in [0, 0.1) is 0 Å². The molecule has 76 valence electrons. The molecule has 1 saturated heterocycles. The van der Waals surface area contributed by atoms with Gasteiger partial charge in [0.25, 0.3) is 0 Å². The van der Waals surface area contributed by atoms with E-state index in [2.05, 4.69) is 0 Å². The van der Waals surface area contributed by atoms with Crippen LogP contribution in [0.2, 0.25) is 5.02 Å². The van der Waals surface area contributed by atoms with Gasteiger partial charge in [-0.05, 0) is 12.1 Å². The van der Waals surface area contributed by atoms with Gasteiger partial charge in [0.05, 0.1) is 12.2 Å². The first-order chi connectivity index (χ1) is 6.50. The van der Waals surface area contributed by atoms with Crippen molar-refractivity contribution in [1.82, 2.24) is 0 Å². The quantitative estimate of drug-likeness (QED) is 0.664. The van der Waals surface area contributed by atoms with Crippen LogP contribution in [-0.4, -0.2) is 6.61 Å². The Labute approximate surface area is 83.4 Å². The van der Waals surface area contributed by atoms with E-state index in [9.17, 15) is 13.2 Å². The van der Waals surface area contributed by atoms with Crippen molar-refractivity contribution in [2.45, 2.75) is 12.3 Å². The summed E-state index contributed by atoms with van der Waals surface area (Å²) in [7, 11) is 0. The Balaban J connectivity index is 2.53. The van der Waals surface area contributed by atoms with Crippen LogP contribution in [0.15, 0.2) is 18.2 Å². The minimum Gasteiger partial charge on any atom is -0.368 e. The molecule has 1 aliphatic rings. The number of alkyl halides is 3. The maximum atomic E-state index is 12.5. The maximum absolute atomic E-state index is 12.5. The number of rotatable bonds is 1. The number of benzene rings is 1. The van der Waals surface area contributed by atoms with E-state index in [1.165, 1.54) is 12.1 Å². The second-order valence-corrected chi connectivity index (χ2v) is 3.43. The number of halogens is 4. The van der Waals surface area contributed by atoms with Crippen molar-refractivity contribution in [3.63, 3.8) is 0 Å². The van der Waals surface area contributed by atoms with Crippen molar-refractivity contribution in [1.29, 1.82) is 0 Å². The molecule has 0 aromatic heterocycles. The summed E-state index contributed by atoms with van der Waals surface area (Å²) in [5, 5.41) is 0.113. The van der Waals surface area contributed by atoms with Crippen molar-refractivity contribution in [3.05, 3.63) is 34.3 Å². The van der Waals surface area contributed by atoms with E-state index in [4.69, 9.17) is 16.3 Å². The molecule has 1 nitrogen and oxygen atoms in total. The minimum atomic E-state index is -4.37. The van der Waals surface area contributed by atoms with Crippen LogP contribution >= 0.6 is 11.6 Å². The van der Waals surface area contributed by atoms with Crippen molar-refractivity contribution in [3.8, 4) is 0 Å². The Morgan fingerprint density at radius 2 is 2.00 bits per heavy atom. The lowest BCUT2D eigenvalue weighted by Crippen LogP contribution is -2.09. The van der Waals surface area contributed by atoms with E-state index in [-0.39, 0.29) is 10.6 Å². The second kappa shape index (κ2) is 3.14. The van der Waals surface area contributed by atoms with E-state index in [1.54, 1.807) is 0 Å². The molecule has 0 radical (unpaired) electrons. The predicted molar refractivity (Wildman–Crippen MR) is 45.1 cm³/mol. The molecular weight excluding hydrogens is 217 g/mol. The monoisotopic (exact) mass is 222 g/mol. The molecule has 14 heavy (non-hydrogen) atoms. The topological polar surface area (TPSA) is 12.5 Å². The molecular formula is C9H6ClF3O. The maximum Gasteiger partial charge on any atom is 0.416 e. The smallest absolute Gasteiger partial charge is 0.368 e. The lowest BCUT2D eigenvalue weighted by Gasteiger charge is -2.12. The molecule has 1 aromatic carbocycles. The molecule has 1 aliphatic heterocycles. The van der Waals surface area contributed by atoms with Crippen LogP contribution in [0.25, 0.3) is 0 Å². The highest BCUT2D eigenvalue weighted by atomic mass is 35.5. The van der Waals surface area contributed by atoms with Crippen LogP contribution in [0.3, 0.4) is 0 Å². The molecule has 1 heterocycles. The van der Waals surface area contributed by atoms with Crippen LogP contribution in [0.4, 0.5) is 13.2 Å². The normalized spacial score (nSPS) is 21.0. The molecule has 1 aromatic rings. The number of hydrogen-bond donors (Lipinski definition) is 0. The zero-order chi connectivity index (χ0) is 10.3. The van der Waals surface area contributed by atoms with E-state index in [1.807, 2.05) is 0 Å². The van der Waals surface area contributed by atoms with Crippen molar-refractivity contribution < 1.29 is 17.9 Å². The first-order valence-electron chi connectivity index (χ1n) is 3.97. The van der Waals surface area contributed by atoms with Gasteiger partial charge in [0, 0.05) is 10.6 Å².